The predicted molar refractivity (Wildman–Crippen MR) is 75.7 cm³/mol. The summed E-state index contributed by atoms with van der Waals surface area (Å²) in [6.45, 7) is 3.42. The van der Waals surface area contributed by atoms with Crippen molar-refractivity contribution in [3.05, 3.63) is 41.7 Å². The largest absolute Gasteiger partial charge is 0.447 e. The number of hydrogen-bond acceptors (Lipinski definition) is 5. The van der Waals surface area contributed by atoms with Gasteiger partial charge in [-0.3, -0.25) is 14.6 Å². The molecule has 0 radical (unpaired) electrons. The highest BCUT2D eigenvalue weighted by molar-refractivity contribution is 5.96. The molecule has 1 fully saturated rings. The molecule has 2 heterocycles. The van der Waals surface area contributed by atoms with Gasteiger partial charge >= 0.3 is 12.1 Å². The van der Waals surface area contributed by atoms with E-state index in [0.29, 0.717) is 6.20 Å². The van der Waals surface area contributed by atoms with E-state index in [2.05, 4.69) is 16.9 Å². The second kappa shape index (κ2) is 6.60. The van der Waals surface area contributed by atoms with E-state index < -0.39 is 29.2 Å². The van der Waals surface area contributed by atoms with E-state index in [0.717, 1.165) is 12.1 Å². The number of amides is 1. The summed E-state index contributed by atoms with van der Waals surface area (Å²) in [6.07, 6.45) is -4.18. The summed E-state index contributed by atoms with van der Waals surface area (Å²) in [6, 6.07) is 2.01. The first kappa shape index (κ1) is 17.9. The molecule has 0 spiro atoms. The van der Waals surface area contributed by atoms with E-state index in [4.69, 9.17) is 9.47 Å². The summed E-state index contributed by atoms with van der Waals surface area (Å²) in [4.78, 5) is 27.0. The van der Waals surface area contributed by atoms with Crippen molar-refractivity contribution < 1.29 is 32.2 Å². The van der Waals surface area contributed by atoms with Crippen molar-refractivity contribution in [1.82, 2.24) is 10.3 Å². The second-order valence-electron chi connectivity index (χ2n) is 5.25. The number of likely N-dealkylation sites (N-methyl/N-ethyl adjacent to an activating group) is 1. The van der Waals surface area contributed by atoms with Crippen LogP contribution in [0.1, 0.15) is 17.7 Å². The molecular formula is C15H15F3N2O4. The van der Waals surface area contributed by atoms with Crippen LogP contribution in [0.15, 0.2) is 30.5 Å². The number of ether oxygens (including phenoxy) is 2. The Balaban J connectivity index is 2.10. The zero-order valence-corrected chi connectivity index (χ0v) is 12.8. The molecule has 1 amide bonds. The highest BCUT2D eigenvalue weighted by atomic mass is 19.4. The molecule has 6 nitrogen and oxygen atoms in total. The van der Waals surface area contributed by atoms with Crippen LogP contribution in [0.2, 0.25) is 0 Å². The third kappa shape index (κ3) is 3.73. The Morgan fingerprint density at radius 3 is 2.50 bits per heavy atom. The number of halogens is 3. The first-order valence-electron chi connectivity index (χ1n) is 6.91. The van der Waals surface area contributed by atoms with Gasteiger partial charge in [-0.15, -0.1) is 0 Å². The van der Waals surface area contributed by atoms with Gasteiger partial charge in [-0.1, -0.05) is 6.58 Å². The molecule has 130 valence electrons. The van der Waals surface area contributed by atoms with Gasteiger partial charge in [0.05, 0.1) is 30.9 Å². The summed E-state index contributed by atoms with van der Waals surface area (Å²) in [5.41, 5.74) is -1.98. The molecule has 1 saturated heterocycles. The average Bonchev–Trinajstić information content (AvgIpc) is 2.49. The lowest BCUT2D eigenvalue weighted by molar-refractivity contribution is -0.219. The lowest BCUT2D eigenvalue weighted by Crippen LogP contribution is -2.51. The number of nitrogens with zero attached hydrogens (tertiary/aromatic N) is 1. The number of esters is 1. The van der Waals surface area contributed by atoms with Crippen LogP contribution in [-0.2, 0) is 30.8 Å². The number of nitrogens with one attached hydrogen (secondary N) is 1. The van der Waals surface area contributed by atoms with Crippen LogP contribution in [0.5, 0.6) is 0 Å². The van der Waals surface area contributed by atoms with Crippen LogP contribution in [0.3, 0.4) is 0 Å². The molecular weight excluding hydrogens is 329 g/mol. The Bertz CT molecular complexity index is 652. The fourth-order valence-corrected chi connectivity index (χ4v) is 2.06. The molecule has 1 N–H and O–H groups in total. The molecule has 0 saturated carbocycles. The van der Waals surface area contributed by atoms with Crippen molar-refractivity contribution >= 4 is 11.9 Å². The van der Waals surface area contributed by atoms with E-state index >= 15 is 0 Å². The molecule has 0 bridgehead atoms. The first-order chi connectivity index (χ1) is 11.2. The molecule has 0 aromatic carbocycles. The molecule has 0 atom stereocenters. The summed E-state index contributed by atoms with van der Waals surface area (Å²) in [5.74, 6) is -1.24. The summed E-state index contributed by atoms with van der Waals surface area (Å²) in [5, 5.41) is 2.32. The van der Waals surface area contributed by atoms with Gasteiger partial charge in [-0.2, -0.15) is 13.2 Å². The monoisotopic (exact) mass is 344 g/mol. The fraction of sp³-hybridized carbons (Fsp3) is 0.400. The summed E-state index contributed by atoms with van der Waals surface area (Å²) >= 11 is 0. The number of carbonyl (C=O) groups excluding carboxylic acids is 2. The lowest BCUT2D eigenvalue weighted by Gasteiger charge is -2.39. The Hall–Kier alpha value is -2.42. The molecule has 0 aliphatic carbocycles. The van der Waals surface area contributed by atoms with Crippen molar-refractivity contribution in [2.45, 2.75) is 18.2 Å². The maximum absolute atomic E-state index is 12.6. The fourth-order valence-electron chi connectivity index (χ4n) is 2.06. The number of pyridine rings is 1. The highest BCUT2D eigenvalue weighted by Crippen LogP contribution is 2.35. The van der Waals surface area contributed by atoms with Crippen molar-refractivity contribution in [3.8, 4) is 0 Å². The van der Waals surface area contributed by atoms with Crippen LogP contribution in [0, 0.1) is 0 Å². The van der Waals surface area contributed by atoms with Crippen LogP contribution in [0.4, 0.5) is 13.2 Å². The zero-order valence-electron chi connectivity index (χ0n) is 12.8. The van der Waals surface area contributed by atoms with Crippen LogP contribution in [-0.4, -0.2) is 37.1 Å². The first-order valence-corrected chi connectivity index (χ1v) is 6.91. The van der Waals surface area contributed by atoms with E-state index in [1.54, 1.807) is 0 Å². The predicted octanol–water partition coefficient (Wildman–Crippen LogP) is 1.56. The van der Waals surface area contributed by atoms with Gasteiger partial charge in [0.2, 0.25) is 5.91 Å². The third-order valence-electron chi connectivity index (χ3n) is 3.44. The molecule has 1 aliphatic heterocycles. The van der Waals surface area contributed by atoms with Crippen LogP contribution < -0.4 is 5.32 Å². The Morgan fingerprint density at radius 2 is 2.08 bits per heavy atom. The minimum absolute atomic E-state index is 0.0123. The summed E-state index contributed by atoms with van der Waals surface area (Å²) in [7, 11) is 1.40. The van der Waals surface area contributed by atoms with Gasteiger partial charge in [0.15, 0.2) is 5.60 Å². The Kier molecular flexibility index (Phi) is 4.93. The minimum atomic E-state index is -4.50. The van der Waals surface area contributed by atoms with Gasteiger partial charge in [0, 0.05) is 18.8 Å². The van der Waals surface area contributed by atoms with E-state index in [1.165, 1.54) is 7.05 Å². The molecule has 0 unspecified atom stereocenters. The Labute approximate surface area is 135 Å². The van der Waals surface area contributed by atoms with Gasteiger partial charge in [0.25, 0.3) is 0 Å². The van der Waals surface area contributed by atoms with Gasteiger partial charge in [-0.25, -0.2) is 0 Å². The zero-order chi connectivity index (χ0) is 18.0. The van der Waals surface area contributed by atoms with Crippen molar-refractivity contribution in [1.29, 1.82) is 0 Å². The Morgan fingerprint density at radius 1 is 1.42 bits per heavy atom. The highest BCUT2D eigenvalue weighted by Gasteiger charge is 2.46. The molecule has 1 aliphatic rings. The van der Waals surface area contributed by atoms with Gasteiger partial charge in [-0.05, 0) is 12.1 Å². The van der Waals surface area contributed by atoms with Gasteiger partial charge < -0.3 is 14.8 Å². The number of alkyl halides is 3. The standard InChI is InChI=1S/C15H15F3N2O4/c1-9(13(22)19-2)5-12(21)24-14(7-23-8-14)11-4-3-10(6-20-11)15(16,17)18/h3-4,6H,1,5,7-8H2,2H3,(H,19,22). The second-order valence-corrected chi connectivity index (χ2v) is 5.25. The van der Waals surface area contributed by atoms with Crippen molar-refractivity contribution in [3.63, 3.8) is 0 Å². The molecule has 24 heavy (non-hydrogen) atoms. The molecule has 1 aromatic heterocycles. The van der Waals surface area contributed by atoms with E-state index in [1.807, 2.05) is 0 Å². The van der Waals surface area contributed by atoms with E-state index in [-0.39, 0.29) is 30.9 Å². The number of aromatic nitrogens is 1. The van der Waals surface area contributed by atoms with Gasteiger partial charge in [0.1, 0.15) is 0 Å². The SMILES string of the molecule is C=C(CC(=O)OC1(c2ccc(C(F)(F)F)cn2)COC1)C(=O)NC. The number of hydrogen-bond donors (Lipinski definition) is 1. The van der Waals surface area contributed by atoms with E-state index in [9.17, 15) is 22.8 Å². The third-order valence-corrected chi connectivity index (χ3v) is 3.44. The number of carbonyl (C=O) groups is 2. The molecule has 9 heteroatoms. The average molecular weight is 344 g/mol. The molecule has 1 aromatic rings. The minimum Gasteiger partial charge on any atom is -0.447 e. The topological polar surface area (TPSA) is 77.5 Å². The van der Waals surface area contributed by atoms with Crippen LogP contribution in [0.25, 0.3) is 0 Å². The smallest absolute Gasteiger partial charge is 0.417 e. The quantitative estimate of drug-likeness (QED) is 0.648. The normalized spacial score (nSPS) is 16.0. The maximum atomic E-state index is 12.6. The molecule has 2 rings (SSSR count). The lowest BCUT2D eigenvalue weighted by atomic mass is 9.96. The van der Waals surface area contributed by atoms with Crippen molar-refractivity contribution in [2.24, 2.45) is 0 Å². The number of rotatable bonds is 5. The van der Waals surface area contributed by atoms with Crippen LogP contribution >= 0.6 is 0 Å². The van der Waals surface area contributed by atoms with Crippen molar-refractivity contribution in [2.75, 3.05) is 20.3 Å². The maximum Gasteiger partial charge on any atom is 0.417 e. The summed E-state index contributed by atoms with van der Waals surface area (Å²) < 4.78 is 48.1.